The van der Waals surface area contributed by atoms with Crippen molar-refractivity contribution in [2.24, 2.45) is 16.6 Å². The number of hydrogen-bond acceptors (Lipinski definition) is 4. The van der Waals surface area contributed by atoms with Crippen molar-refractivity contribution in [1.29, 1.82) is 0 Å². The first kappa shape index (κ1) is 13.1. The van der Waals surface area contributed by atoms with Crippen molar-refractivity contribution in [3.63, 3.8) is 0 Å². The molecule has 1 aromatic carbocycles. The first-order chi connectivity index (χ1) is 8.21. The van der Waals surface area contributed by atoms with Gasteiger partial charge in [0, 0.05) is 6.07 Å². The first-order valence-electron chi connectivity index (χ1n) is 5.41. The number of nitrogens with two attached hydrogens (primary N) is 2. The van der Waals surface area contributed by atoms with Crippen LogP contribution in [0.15, 0.2) is 23.2 Å². The molecule has 17 heavy (non-hydrogen) atoms. The molecule has 0 fully saturated rings. The number of rotatable bonds is 5. The van der Waals surface area contributed by atoms with Crippen LogP contribution in [0.2, 0.25) is 0 Å². The van der Waals surface area contributed by atoms with E-state index in [-0.39, 0.29) is 5.96 Å². The fourth-order valence-electron chi connectivity index (χ4n) is 1.28. The van der Waals surface area contributed by atoms with Crippen molar-refractivity contribution in [1.82, 2.24) is 5.43 Å². The number of guanidine groups is 1. The number of ether oxygens (including phenoxy) is 2. The Kier molecular flexibility index (Phi) is 5.09. The smallest absolute Gasteiger partial charge is 0.208 e. The zero-order valence-electron chi connectivity index (χ0n) is 10.1. The van der Waals surface area contributed by atoms with Crippen LogP contribution in [0.25, 0.3) is 0 Å². The predicted octanol–water partition coefficient (Wildman–Crippen LogP) is 0.893. The lowest BCUT2D eigenvalue weighted by molar-refractivity contribution is 0.288. The Hall–Kier alpha value is -1.95. The molecule has 0 aliphatic carbocycles. The molecule has 94 valence electrons. The number of hydrogen-bond donors (Lipinski definition) is 3. The molecule has 0 saturated carbocycles. The predicted molar refractivity (Wildman–Crippen MR) is 67.4 cm³/mol. The molecule has 0 aliphatic rings. The van der Waals surface area contributed by atoms with Crippen LogP contribution >= 0.6 is 0 Å². The molecule has 0 aliphatic heterocycles. The van der Waals surface area contributed by atoms with E-state index in [1.165, 1.54) is 0 Å². The molecular weight excluding hydrogens is 220 g/mol. The normalized spacial score (nSPS) is 11.1. The molecule has 6 nitrogen and oxygen atoms in total. The van der Waals surface area contributed by atoms with Gasteiger partial charge in [0.15, 0.2) is 11.5 Å². The zero-order chi connectivity index (χ0) is 12.7. The molecule has 0 radical (unpaired) electrons. The molecule has 6 heteroatoms. The summed E-state index contributed by atoms with van der Waals surface area (Å²) in [6.45, 7) is 4.95. The zero-order valence-corrected chi connectivity index (χ0v) is 10.1. The minimum Gasteiger partial charge on any atom is -0.490 e. The van der Waals surface area contributed by atoms with Gasteiger partial charge in [0.1, 0.15) is 0 Å². The Bertz CT molecular complexity index is 393. The van der Waals surface area contributed by atoms with Gasteiger partial charge in [0.05, 0.1) is 18.9 Å². The van der Waals surface area contributed by atoms with Gasteiger partial charge in [-0.25, -0.2) is 10.8 Å². The van der Waals surface area contributed by atoms with Crippen LogP contribution in [0.5, 0.6) is 11.5 Å². The summed E-state index contributed by atoms with van der Waals surface area (Å²) in [5, 5.41) is 0. The Labute approximate surface area is 101 Å². The molecular formula is C11H18N4O2. The van der Waals surface area contributed by atoms with Gasteiger partial charge >= 0.3 is 0 Å². The molecule has 0 aromatic heterocycles. The lowest BCUT2D eigenvalue weighted by Gasteiger charge is -2.11. The molecule has 5 N–H and O–H groups in total. The van der Waals surface area contributed by atoms with E-state index in [4.69, 9.17) is 21.1 Å². The molecule has 0 unspecified atom stereocenters. The van der Waals surface area contributed by atoms with Crippen molar-refractivity contribution < 1.29 is 9.47 Å². The second-order valence-corrected chi connectivity index (χ2v) is 3.14. The Balaban J connectivity index is 3.00. The van der Waals surface area contributed by atoms with Crippen LogP contribution in [0.1, 0.15) is 13.8 Å². The summed E-state index contributed by atoms with van der Waals surface area (Å²) in [5.41, 5.74) is 8.37. The average molecular weight is 238 g/mol. The highest BCUT2D eigenvalue weighted by Crippen LogP contribution is 2.31. The Morgan fingerprint density at radius 2 is 1.88 bits per heavy atom. The van der Waals surface area contributed by atoms with Crippen molar-refractivity contribution in [2.45, 2.75) is 13.8 Å². The van der Waals surface area contributed by atoms with Crippen LogP contribution in [-0.2, 0) is 0 Å². The maximum absolute atomic E-state index is 5.47. The summed E-state index contributed by atoms with van der Waals surface area (Å²) in [7, 11) is 0. The second-order valence-electron chi connectivity index (χ2n) is 3.14. The highest BCUT2D eigenvalue weighted by Gasteiger charge is 2.05. The lowest BCUT2D eigenvalue weighted by Crippen LogP contribution is -2.36. The van der Waals surface area contributed by atoms with Crippen LogP contribution in [0, 0.1) is 0 Å². The van der Waals surface area contributed by atoms with E-state index in [1.54, 1.807) is 18.2 Å². The van der Waals surface area contributed by atoms with Crippen molar-refractivity contribution in [3.05, 3.63) is 18.2 Å². The molecule has 1 aromatic rings. The summed E-state index contributed by atoms with van der Waals surface area (Å²) in [6.07, 6.45) is 0. The summed E-state index contributed by atoms with van der Waals surface area (Å²) < 4.78 is 10.9. The van der Waals surface area contributed by atoms with E-state index >= 15 is 0 Å². The van der Waals surface area contributed by atoms with Crippen molar-refractivity contribution in [3.8, 4) is 11.5 Å². The van der Waals surface area contributed by atoms with Gasteiger partial charge in [-0.3, -0.25) is 5.43 Å². The van der Waals surface area contributed by atoms with Gasteiger partial charge < -0.3 is 15.2 Å². The maximum Gasteiger partial charge on any atom is 0.208 e. The van der Waals surface area contributed by atoms with E-state index < -0.39 is 0 Å². The fourth-order valence-corrected chi connectivity index (χ4v) is 1.28. The SMILES string of the molecule is CCOc1ccc(N=C(N)NN)cc1OCC. The molecule has 0 spiro atoms. The second kappa shape index (κ2) is 6.59. The van der Waals surface area contributed by atoms with Crippen molar-refractivity contribution >= 4 is 11.6 Å². The van der Waals surface area contributed by atoms with Gasteiger partial charge in [-0.05, 0) is 26.0 Å². The quantitative estimate of drug-likeness (QED) is 0.306. The number of nitrogens with one attached hydrogen (secondary N) is 1. The van der Waals surface area contributed by atoms with E-state index in [1.807, 2.05) is 13.8 Å². The lowest BCUT2D eigenvalue weighted by atomic mass is 10.3. The number of benzene rings is 1. The molecule has 0 atom stereocenters. The summed E-state index contributed by atoms with van der Waals surface area (Å²) in [4.78, 5) is 4.04. The van der Waals surface area contributed by atoms with Crippen LogP contribution in [0.4, 0.5) is 5.69 Å². The summed E-state index contributed by atoms with van der Waals surface area (Å²) >= 11 is 0. The molecule has 1 rings (SSSR count). The van der Waals surface area contributed by atoms with E-state index in [0.717, 1.165) is 0 Å². The number of aliphatic imine (C=N–C) groups is 1. The highest BCUT2D eigenvalue weighted by atomic mass is 16.5. The van der Waals surface area contributed by atoms with Crippen LogP contribution < -0.4 is 26.5 Å². The van der Waals surface area contributed by atoms with Gasteiger partial charge in [-0.2, -0.15) is 0 Å². The average Bonchev–Trinajstić information content (AvgIpc) is 2.33. The fraction of sp³-hybridized carbons (Fsp3) is 0.364. The maximum atomic E-state index is 5.47. The van der Waals surface area contributed by atoms with Gasteiger partial charge in [0.2, 0.25) is 5.96 Å². The molecule has 0 heterocycles. The summed E-state index contributed by atoms with van der Waals surface area (Å²) in [5.74, 6) is 6.60. The monoisotopic (exact) mass is 238 g/mol. The highest BCUT2D eigenvalue weighted by molar-refractivity contribution is 5.80. The van der Waals surface area contributed by atoms with E-state index in [0.29, 0.717) is 30.4 Å². The molecule has 0 amide bonds. The standard InChI is InChI=1S/C11H18N4O2/c1-3-16-9-6-5-8(14-11(12)15-13)7-10(9)17-4-2/h5-7H,3-4,13H2,1-2H3,(H3,12,14,15). The number of nitrogens with zero attached hydrogens (tertiary/aromatic N) is 1. The minimum absolute atomic E-state index is 0.136. The third-order valence-corrected chi connectivity index (χ3v) is 1.92. The topological polar surface area (TPSA) is 94.9 Å². The molecule has 0 saturated heterocycles. The number of hydrazine groups is 1. The first-order valence-corrected chi connectivity index (χ1v) is 5.41. The van der Waals surface area contributed by atoms with Gasteiger partial charge in [-0.15, -0.1) is 0 Å². The van der Waals surface area contributed by atoms with E-state index in [9.17, 15) is 0 Å². The molecule has 0 bridgehead atoms. The van der Waals surface area contributed by atoms with Crippen LogP contribution in [-0.4, -0.2) is 19.2 Å². The Morgan fingerprint density at radius 1 is 1.24 bits per heavy atom. The third-order valence-electron chi connectivity index (χ3n) is 1.92. The minimum atomic E-state index is 0.136. The Morgan fingerprint density at radius 3 is 2.47 bits per heavy atom. The third kappa shape index (κ3) is 3.84. The van der Waals surface area contributed by atoms with Gasteiger partial charge in [-0.1, -0.05) is 0 Å². The van der Waals surface area contributed by atoms with Gasteiger partial charge in [0.25, 0.3) is 0 Å². The van der Waals surface area contributed by atoms with E-state index in [2.05, 4.69) is 10.4 Å². The largest absolute Gasteiger partial charge is 0.490 e. The van der Waals surface area contributed by atoms with Crippen molar-refractivity contribution in [2.75, 3.05) is 13.2 Å². The van der Waals surface area contributed by atoms with Crippen LogP contribution in [0.3, 0.4) is 0 Å². The summed E-state index contributed by atoms with van der Waals surface area (Å²) in [6, 6.07) is 5.31.